The predicted octanol–water partition coefficient (Wildman–Crippen LogP) is 4.27. The summed E-state index contributed by atoms with van der Waals surface area (Å²) in [5, 5.41) is 7.40. The molecule has 0 aliphatic rings. The molecule has 5 rings (SSSR count). The van der Waals surface area contributed by atoms with Crippen molar-refractivity contribution in [2.75, 3.05) is 5.32 Å². The zero-order chi connectivity index (χ0) is 24.4. The molecule has 8 nitrogen and oxygen atoms in total. The molecule has 0 radical (unpaired) electrons. The van der Waals surface area contributed by atoms with E-state index < -0.39 is 0 Å². The zero-order valence-electron chi connectivity index (χ0n) is 19.4. The lowest BCUT2D eigenvalue weighted by Crippen LogP contribution is -2.17. The number of fused-ring (bicyclic) bond motifs is 1. The largest absolute Gasteiger partial charge is 0.311 e. The summed E-state index contributed by atoms with van der Waals surface area (Å²) in [4.78, 5) is 36.9. The van der Waals surface area contributed by atoms with Crippen LogP contribution in [-0.4, -0.2) is 30.6 Å². The lowest BCUT2D eigenvalue weighted by Gasteiger charge is -2.11. The second-order valence-electron chi connectivity index (χ2n) is 8.42. The van der Waals surface area contributed by atoms with Crippen LogP contribution < -0.4 is 10.9 Å². The highest BCUT2D eigenvalue weighted by molar-refractivity contribution is 5.91. The molecule has 0 atom stereocenters. The molecule has 3 heterocycles. The summed E-state index contributed by atoms with van der Waals surface area (Å²) in [6, 6.07) is 22.0. The quantitative estimate of drug-likeness (QED) is 0.391. The Morgan fingerprint density at radius 1 is 0.971 bits per heavy atom. The van der Waals surface area contributed by atoms with Gasteiger partial charge in [0.1, 0.15) is 17.0 Å². The predicted molar refractivity (Wildman–Crippen MR) is 136 cm³/mol. The van der Waals surface area contributed by atoms with Crippen molar-refractivity contribution in [2.45, 2.75) is 19.8 Å². The number of aromatic amines is 1. The maximum atomic E-state index is 12.8. The Hall–Kier alpha value is -4.59. The van der Waals surface area contributed by atoms with Gasteiger partial charge in [-0.25, -0.2) is 9.97 Å². The molecule has 0 fully saturated rings. The minimum Gasteiger partial charge on any atom is -0.311 e. The second kappa shape index (κ2) is 9.34. The number of hydrogen-bond acceptors (Lipinski definition) is 5. The fourth-order valence-electron chi connectivity index (χ4n) is 3.90. The molecule has 0 saturated heterocycles. The van der Waals surface area contributed by atoms with E-state index >= 15 is 0 Å². The van der Waals surface area contributed by atoms with Gasteiger partial charge in [0, 0.05) is 25.5 Å². The number of pyridine rings is 1. The van der Waals surface area contributed by atoms with Gasteiger partial charge in [-0.2, -0.15) is 5.10 Å². The minimum absolute atomic E-state index is 0.142. The second-order valence-corrected chi connectivity index (χ2v) is 8.42. The maximum Gasteiger partial charge on any atom is 0.262 e. The Morgan fingerprint density at radius 3 is 2.51 bits per heavy atom. The molecule has 174 valence electrons. The van der Waals surface area contributed by atoms with Crippen molar-refractivity contribution < 1.29 is 4.79 Å². The molecule has 0 saturated carbocycles. The summed E-state index contributed by atoms with van der Waals surface area (Å²) < 4.78 is 1.54. The number of benzene rings is 2. The van der Waals surface area contributed by atoms with E-state index in [9.17, 15) is 9.59 Å². The van der Waals surface area contributed by atoms with Crippen LogP contribution in [0.15, 0.2) is 77.7 Å². The summed E-state index contributed by atoms with van der Waals surface area (Å²) in [5.41, 5.74) is 5.13. The number of rotatable bonds is 6. The average Bonchev–Trinajstić information content (AvgIpc) is 3.24. The third kappa shape index (κ3) is 4.86. The third-order valence-electron chi connectivity index (χ3n) is 5.79. The van der Waals surface area contributed by atoms with Gasteiger partial charge in [0.05, 0.1) is 11.9 Å². The van der Waals surface area contributed by atoms with Gasteiger partial charge in [-0.3, -0.25) is 14.3 Å². The fourth-order valence-corrected chi connectivity index (χ4v) is 3.90. The smallest absolute Gasteiger partial charge is 0.262 e. The summed E-state index contributed by atoms with van der Waals surface area (Å²) in [6.07, 6.45) is 1.91. The average molecular weight is 465 g/mol. The van der Waals surface area contributed by atoms with Crippen molar-refractivity contribution in [2.24, 2.45) is 7.05 Å². The van der Waals surface area contributed by atoms with Crippen LogP contribution in [0.5, 0.6) is 0 Å². The number of nitrogens with zero attached hydrogens (tertiary/aromatic N) is 4. The van der Waals surface area contributed by atoms with Crippen LogP contribution in [0.1, 0.15) is 17.8 Å². The molecule has 0 unspecified atom stereocenters. The van der Waals surface area contributed by atoms with E-state index in [1.165, 1.54) is 11.8 Å². The monoisotopic (exact) mass is 464 g/mol. The van der Waals surface area contributed by atoms with Crippen molar-refractivity contribution in [3.05, 3.63) is 94.7 Å². The highest BCUT2D eigenvalue weighted by Gasteiger charge is 2.12. The molecular formula is C27H24N6O2. The van der Waals surface area contributed by atoms with Crippen LogP contribution in [0.3, 0.4) is 0 Å². The molecule has 2 N–H and O–H groups in total. The molecule has 8 heteroatoms. The van der Waals surface area contributed by atoms with E-state index in [2.05, 4.69) is 49.6 Å². The van der Waals surface area contributed by atoms with Crippen LogP contribution in [-0.2, 0) is 18.3 Å². The van der Waals surface area contributed by atoms with E-state index in [1.807, 2.05) is 49.4 Å². The molecule has 0 bridgehead atoms. The van der Waals surface area contributed by atoms with E-state index in [-0.39, 0.29) is 24.3 Å². The molecule has 0 aliphatic heterocycles. The van der Waals surface area contributed by atoms with Gasteiger partial charge >= 0.3 is 0 Å². The summed E-state index contributed by atoms with van der Waals surface area (Å²) in [6.45, 7) is 2.05. The number of aryl methyl sites for hydroxylation is 3. The first-order chi connectivity index (χ1) is 17.0. The Kier molecular flexibility index (Phi) is 5.93. The van der Waals surface area contributed by atoms with E-state index in [4.69, 9.17) is 0 Å². The van der Waals surface area contributed by atoms with Crippen LogP contribution in [0.25, 0.3) is 33.4 Å². The topological polar surface area (TPSA) is 106 Å². The summed E-state index contributed by atoms with van der Waals surface area (Å²) >= 11 is 0. The van der Waals surface area contributed by atoms with Crippen molar-refractivity contribution >= 4 is 22.8 Å². The zero-order valence-corrected chi connectivity index (χ0v) is 19.4. The third-order valence-corrected chi connectivity index (χ3v) is 5.79. The number of amides is 1. The number of aromatic nitrogens is 5. The molecule has 3 aromatic heterocycles. The lowest BCUT2D eigenvalue weighted by atomic mass is 10.0. The van der Waals surface area contributed by atoms with Crippen molar-refractivity contribution in [3.63, 3.8) is 0 Å². The van der Waals surface area contributed by atoms with Crippen LogP contribution in [0.4, 0.5) is 5.82 Å². The molecule has 2 aromatic carbocycles. The highest BCUT2D eigenvalue weighted by atomic mass is 16.1. The number of anilines is 1. The first kappa shape index (κ1) is 22.2. The Bertz CT molecular complexity index is 1570. The van der Waals surface area contributed by atoms with Gasteiger partial charge < -0.3 is 10.3 Å². The van der Waals surface area contributed by atoms with E-state index in [0.29, 0.717) is 22.7 Å². The first-order valence-corrected chi connectivity index (χ1v) is 11.3. The van der Waals surface area contributed by atoms with Crippen LogP contribution in [0.2, 0.25) is 0 Å². The van der Waals surface area contributed by atoms with Gasteiger partial charge in [-0.1, -0.05) is 60.2 Å². The molecule has 0 spiro atoms. The van der Waals surface area contributed by atoms with E-state index in [1.54, 1.807) is 11.7 Å². The first-order valence-electron chi connectivity index (χ1n) is 11.3. The number of carbonyl (C=O) groups is 1. The Balaban J connectivity index is 1.39. The number of carbonyl (C=O) groups excluding carboxylic acids is 1. The molecule has 1 amide bonds. The number of hydrogen-bond donors (Lipinski definition) is 2. The molecular weight excluding hydrogens is 440 g/mol. The van der Waals surface area contributed by atoms with Crippen LogP contribution in [0, 0.1) is 6.92 Å². The number of nitrogens with one attached hydrogen (secondary N) is 2. The molecule has 0 aliphatic carbocycles. The van der Waals surface area contributed by atoms with Gasteiger partial charge in [0.25, 0.3) is 5.56 Å². The molecule has 35 heavy (non-hydrogen) atoms. The maximum absolute atomic E-state index is 12.8. The normalized spacial score (nSPS) is 11.0. The van der Waals surface area contributed by atoms with Gasteiger partial charge in [0.2, 0.25) is 5.91 Å². The SMILES string of the molecule is Cc1ccc(-c2cc(NC(=O)CCc3nc4c(cnn4C)c(=O)[nH]3)nc(-c3ccccc3)c2)cc1. The molecule has 5 aromatic rings. The fraction of sp³-hybridized carbons (Fsp3) is 0.148. The van der Waals surface area contributed by atoms with Crippen molar-refractivity contribution in [1.82, 2.24) is 24.7 Å². The van der Waals surface area contributed by atoms with E-state index in [0.717, 1.165) is 22.4 Å². The minimum atomic E-state index is -0.265. The van der Waals surface area contributed by atoms with Crippen LogP contribution >= 0.6 is 0 Å². The van der Waals surface area contributed by atoms with Crippen molar-refractivity contribution in [1.29, 1.82) is 0 Å². The summed E-state index contributed by atoms with van der Waals surface area (Å²) in [7, 11) is 1.72. The highest BCUT2D eigenvalue weighted by Crippen LogP contribution is 2.28. The van der Waals surface area contributed by atoms with Gasteiger partial charge in [0.15, 0.2) is 5.65 Å². The Morgan fingerprint density at radius 2 is 1.74 bits per heavy atom. The van der Waals surface area contributed by atoms with Gasteiger partial charge in [-0.15, -0.1) is 0 Å². The van der Waals surface area contributed by atoms with Crippen molar-refractivity contribution in [3.8, 4) is 22.4 Å². The Labute approximate surface area is 201 Å². The standard InChI is InChI=1S/C27H24N6O2/c1-17-8-10-18(11-9-17)20-14-22(19-6-4-3-5-7-19)29-24(15-20)30-25(34)13-12-23-31-26-21(27(35)32-23)16-28-33(26)2/h3-11,14-16H,12-13H2,1-2H3,(H,29,30,34)(H,31,32,35). The number of H-pyrrole nitrogens is 1. The van der Waals surface area contributed by atoms with Gasteiger partial charge in [-0.05, 0) is 30.2 Å². The lowest BCUT2D eigenvalue weighted by molar-refractivity contribution is -0.116. The summed E-state index contributed by atoms with van der Waals surface area (Å²) in [5.74, 6) is 0.688.